The van der Waals surface area contributed by atoms with Gasteiger partial charge in [0.15, 0.2) is 0 Å². The van der Waals surface area contributed by atoms with Gasteiger partial charge in [0, 0.05) is 17.9 Å². The Bertz CT molecular complexity index is 987. The Balaban J connectivity index is 1.92. The zero-order valence-corrected chi connectivity index (χ0v) is 13.1. The SMILES string of the molecule is C[O+]=C1C=Cc2ccc3c4c(ccc1c24)CC1=C3CCCC1=[OH+]. The lowest BCUT2D eigenvalue weighted by Gasteiger charge is -2.26. The molecule has 0 spiro atoms. The van der Waals surface area contributed by atoms with E-state index < -0.39 is 0 Å². The minimum absolute atomic E-state index is 0.592. The van der Waals surface area contributed by atoms with Crippen molar-refractivity contribution in [1.82, 2.24) is 0 Å². The van der Waals surface area contributed by atoms with E-state index in [1.54, 1.807) is 7.11 Å². The molecule has 0 heterocycles. The lowest BCUT2D eigenvalue weighted by atomic mass is 9.75. The molecule has 0 atom stereocenters. The molecule has 1 N–H and O–H groups in total. The number of fused-ring (bicyclic) bond motifs is 1. The predicted molar refractivity (Wildman–Crippen MR) is 94.7 cm³/mol. The summed E-state index contributed by atoms with van der Waals surface area (Å²) in [6, 6.07) is 8.81. The van der Waals surface area contributed by atoms with Crippen molar-refractivity contribution < 1.29 is 9.22 Å². The summed E-state index contributed by atoms with van der Waals surface area (Å²) in [5, 5.41) is 2.66. The van der Waals surface area contributed by atoms with Crippen LogP contribution in [-0.2, 0) is 6.42 Å². The van der Waals surface area contributed by atoms with E-state index in [1.807, 2.05) is 6.08 Å². The summed E-state index contributed by atoms with van der Waals surface area (Å²) < 4.78 is 5.57. The Morgan fingerprint density at radius 3 is 2.65 bits per heavy atom. The Labute approximate surface area is 134 Å². The van der Waals surface area contributed by atoms with Crippen LogP contribution in [0.5, 0.6) is 0 Å². The van der Waals surface area contributed by atoms with Gasteiger partial charge in [0.05, 0.1) is 17.6 Å². The number of benzene rings is 2. The molecule has 23 heavy (non-hydrogen) atoms. The Kier molecular flexibility index (Phi) is 2.55. The van der Waals surface area contributed by atoms with Crippen LogP contribution in [0.1, 0.15) is 45.9 Å². The van der Waals surface area contributed by atoms with Crippen molar-refractivity contribution in [2.75, 3.05) is 7.11 Å². The second-order valence-electron chi connectivity index (χ2n) is 6.56. The molecule has 0 amide bonds. The third-order valence-corrected chi connectivity index (χ3v) is 5.42. The molecular weight excluding hydrogens is 284 g/mol. The second kappa shape index (κ2) is 4.51. The Hall–Kier alpha value is -2.48. The molecule has 0 aliphatic heterocycles. The van der Waals surface area contributed by atoms with Crippen molar-refractivity contribution in [3.8, 4) is 0 Å². The Morgan fingerprint density at radius 2 is 1.78 bits per heavy atom. The van der Waals surface area contributed by atoms with Crippen molar-refractivity contribution >= 4 is 34.0 Å². The highest BCUT2D eigenvalue weighted by Crippen LogP contribution is 2.44. The standard InChI is InChI=1S/C21H17O2/c1-23-19-10-7-12-5-8-15-14-3-2-4-18(22)17(14)11-13-6-9-16(19)20(12)21(13)15/h5-10H,2-4,11H2,1H3/q+1/p+1. The second-order valence-corrected chi connectivity index (χ2v) is 6.56. The highest BCUT2D eigenvalue weighted by molar-refractivity contribution is 6.23. The first kappa shape index (κ1) is 13.0. The largest absolute Gasteiger partial charge is 0.350 e. The zero-order valence-electron chi connectivity index (χ0n) is 13.1. The fraction of sp³-hybridized carbons (Fsp3) is 0.238. The van der Waals surface area contributed by atoms with Gasteiger partial charge in [-0.3, -0.25) is 9.22 Å². The molecule has 0 radical (unpaired) electrons. The molecule has 0 fully saturated rings. The summed E-state index contributed by atoms with van der Waals surface area (Å²) in [6.45, 7) is 0. The lowest BCUT2D eigenvalue weighted by Crippen LogP contribution is -2.18. The molecule has 0 aromatic heterocycles. The molecule has 2 aromatic carbocycles. The number of carbonyl (C=O) groups excluding carboxylic acids is 2. The molecular formula is C21H18O2+2. The predicted octanol–water partition coefficient (Wildman–Crippen LogP) is 4.25. The van der Waals surface area contributed by atoms with Gasteiger partial charge in [-0.25, -0.2) is 0 Å². The summed E-state index contributed by atoms with van der Waals surface area (Å²) in [4.78, 5) is 10.4. The summed E-state index contributed by atoms with van der Waals surface area (Å²) in [5.74, 6) is 1.52. The van der Waals surface area contributed by atoms with Gasteiger partial charge in [0.25, 0.3) is 7.11 Å². The van der Waals surface area contributed by atoms with Gasteiger partial charge in [-0.05, 0) is 52.6 Å². The van der Waals surface area contributed by atoms with Gasteiger partial charge < -0.3 is 0 Å². The van der Waals surface area contributed by atoms with Crippen LogP contribution < -0.4 is 0 Å². The summed E-state index contributed by atoms with van der Waals surface area (Å²) >= 11 is 0. The van der Waals surface area contributed by atoms with Gasteiger partial charge >= 0.3 is 11.6 Å². The van der Waals surface area contributed by atoms with Crippen molar-refractivity contribution in [2.45, 2.75) is 25.7 Å². The average molecular weight is 302 g/mol. The summed E-state index contributed by atoms with van der Waals surface area (Å²) in [5.41, 5.74) is 7.57. The van der Waals surface area contributed by atoms with Crippen molar-refractivity contribution in [1.29, 1.82) is 0 Å². The topological polar surface area (TPSA) is 32.7 Å². The van der Waals surface area contributed by atoms with Crippen molar-refractivity contribution in [2.24, 2.45) is 0 Å². The van der Waals surface area contributed by atoms with E-state index in [0.717, 1.165) is 37.0 Å². The van der Waals surface area contributed by atoms with Gasteiger partial charge in [-0.2, -0.15) is 0 Å². The molecule has 2 heteroatoms. The van der Waals surface area contributed by atoms with Crippen LogP contribution in [0.25, 0.3) is 22.4 Å². The molecule has 0 bridgehead atoms. The monoisotopic (exact) mass is 302 g/mol. The third kappa shape index (κ3) is 1.64. The minimum atomic E-state index is 0.592. The fourth-order valence-corrected chi connectivity index (χ4v) is 4.37. The van der Waals surface area contributed by atoms with Gasteiger partial charge in [0.1, 0.15) is 0 Å². The number of hydrogen-bond donors (Lipinski definition) is 0. The van der Waals surface area contributed by atoms with Gasteiger partial charge in [-0.15, -0.1) is 0 Å². The van der Waals surface area contributed by atoms with Gasteiger partial charge in [-0.1, -0.05) is 18.2 Å². The maximum Gasteiger partial charge on any atom is 0.350 e. The number of hydrogen-bond acceptors (Lipinski definition) is 0. The van der Waals surface area contributed by atoms with Crippen molar-refractivity contribution in [3.63, 3.8) is 0 Å². The molecule has 0 saturated carbocycles. The fourth-order valence-electron chi connectivity index (χ4n) is 4.37. The summed E-state index contributed by atoms with van der Waals surface area (Å²) in [6.07, 6.45) is 7.96. The maximum atomic E-state index is 10.4. The molecule has 2 nitrogen and oxygen atoms in total. The van der Waals surface area contributed by atoms with E-state index in [9.17, 15) is 4.79 Å². The normalized spacial score (nSPS) is 20.4. The molecule has 0 unspecified atom stereocenters. The van der Waals surface area contributed by atoms with Crippen LogP contribution in [0.4, 0.5) is 0 Å². The van der Waals surface area contributed by atoms with Crippen LogP contribution in [0.2, 0.25) is 0 Å². The van der Waals surface area contributed by atoms with E-state index >= 15 is 0 Å². The van der Waals surface area contributed by atoms with Crippen LogP contribution in [0.3, 0.4) is 0 Å². The third-order valence-electron chi connectivity index (χ3n) is 5.42. The minimum Gasteiger partial charge on any atom is -0.278 e. The molecule has 0 saturated heterocycles. The molecule has 3 aliphatic rings. The molecule has 2 aromatic rings. The smallest absolute Gasteiger partial charge is 0.278 e. The van der Waals surface area contributed by atoms with Crippen LogP contribution >= 0.6 is 0 Å². The van der Waals surface area contributed by atoms with Gasteiger partial charge in [0.2, 0.25) is 0 Å². The van der Waals surface area contributed by atoms with E-state index in [0.29, 0.717) is 5.78 Å². The van der Waals surface area contributed by atoms with E-state index in [4.69, 9.17) is 4.42 Å². The van der Waals surface area contributed by atoms with E-state index in [1.165, 1.54) is 38.6 Å². The first-order valence-electron chi connectivity index (χ1n) is 8.23. The summed E-state index contributed by atoms with van der Waals surface area (Å²) in [7, 11) is 1.73. The molecule has 5 rings (SSSR count). The van der Waals surface area contributed by atoms with Crippen LogP contribution in [-0.4, -0.2) is 23.5 Å². The van der Waals surface area contributed by atoms with Crippen LogP contribution in [0, 0.1) is 0 Å². The van der Waals surface area contributed by atoms with E-state index in [-0.39, 0.29) is 0 Å². The molecule has 112 valence electrons. The quantitative estimate of drug-likeness (QED) is 0.652. The first-order valence-corrected chi connectivity index (χ1v) is 8.23. The first-order chi connectivity index (χ1) is 11.3. The van der Waals surface area contributed by atoms with Crippen LogP contribution in [0.15, 0.2) is 35.9 Å². The number of allylic oxidation sites excluding steroid dienone is 3. The lowest BCUT2D eigenvalue weighted by molar-refractivity contribution is -0.222. The maximum absolute atomic E-state index is 10.4. The highest BCUT2D eigenvalue weighted by atomic mass is 16.4. The Morgan fingerprint density at radius 1 is 0.913 bits per heavy atom. The highest BCUT2D eigenvalue weighted by Gasteiger charge is 2.33. The molecule has 3 aliphatic carbocycles. The zero-order chi connectivity index (χ0) is 15.6. The number of ketones is 2. The van der Waals surface area contributed by atoms with Crippen molar-refractivity contribution in [3.05, 3.63) is 58.2 Å². The van der Waals surface area contributed by atoms with E-state index in [2.05, 4.69) is 30.3 Å². The average Bonchev–Trinajstić information content (AvgIpc) is 2.59. The number of rotatable bonds is 0.